The SMILES string of the molecule is CCOCCn1c(=NC(=O)CCSc2ccccc2)sc2cc(F)ccc21. The van der Waals surface area contributed by atoms with Crippen LogP contribution in [0.2, 0.25) is 0 Å². The molecule has 3 aromatic rings. The zero-order valence-corrected chi connectivity index (χ0v) is 16.7. The van der Waals surface area contributed by atoms with Crippen LogP contribution >= 0.6 is 23.1 Å². The Morgan fingerprint density at radius 2 is 2.07 bits per heavy atom. The van der Waals surface area contributed by atoms with Crippen LogP contribution in [0.5, 0.6) is 0 Å². The lowest BCUT2D eigenvalue weighted by molar-refractivity contribution is -0.117. The standard InChI is InChI=1S/C20H21FN2O2S2/c1-2-25-12-11-23-17-9-8-15(21)14-18(17)27-20(23)22-19(24)10-13-26-16-6-4-3-5-7-16/h3-9,14H,2,10-13H2,1H3. The number of rotatable bonds is 8. The van der Waals surface area contributed by atoms with Crippen LogP contribution in [-0.2, 0) is 16.1 Å². The Kier molecular flexibility index (Phi) is 7.20. The number of carbonyl (C=O) groups excluding carboxylic acids is 1. The third-order valence-corrected chi connectivity index (χ3v) is 5.91. The Morgan fingerprint density at radius 1 is 1.26 bits per heavy atom. The van der Waals surface area contributed by atoms with Crippen LogP contribution in [0, 0.1) is 5.82 Å². The van der Waals surface area contributed by atoms with E-state index in [2.05, 4.69) is 4.99 Å². The highest BCUT2D eigenvalue weighted by Gasteiger charge is 2.09. The second-order valence-corrected chi connectivity index (χ2v) is 7.94. The molecule has 0 aliphatic carbocycles. The molecule has 1 heterocycles. The zero-order chi connectivity index (χ0) is 19.1. The second-order valence-electron chi connectivity index (χ2n) is 5.76. The highest BCUT2D eigenvalue weighted by atomic mass is 32.2. The number of fused-ring (bicyclic) bond motifs is 1. The molecule has 0 aliphatic heterocycles. The molecule has 0 atom stereocenters. The van der Waals surface area contributed by atoms with Gasteiger partial charge in [-0.1, -0.05) is 29.5 Å². The molecule has 0 bridgehead atoms. The van der Waals surface area contributed by atoms with Gasteiger partial charge in [-0.15, -0.1) is 11.8 Å². The van der Waals surface area contributed by atoms with E-state index < -0.39 is 0 Å². The van der Waals surface area contributed by atoms with Gasteiger partial charge in [-0.25, -0.2) is 4.39 Å². The van der Waals surface area contributed by atoms with Crippen molar-refractivity contribution < 1.29 is 13.9 Å². The maximum atomic E-state index is 13.5. The van der Waals surface area contributed by atoms with Gasteiger partial charge in [0.15, 0.2) is 4.80 Å². The van der Waals surface area contributed by atoms with Crippen molar-refractivity contribution in [2.45, 2.75) is 24.8 Å². The lowest BCUT2D eigenvalue weighted by Crippen LogP contribution is -2.19. The first-order valence-electron chi connectivity index (χ1n) is 8.79. The van der Waals surface area contributed by atoms with Crippen LogP contribution in [0.15, 0.2) is 58.4 Å². The second kappa shape index (κ2) is 9.82. The van der Waals surface area contributed by atoms with Gasteiger partial charge >= 0.3 is 0 Å². The van der Waals surface area contributed by atoms with Gasteiger partial charge in [0.05, 0.1) is 16.8 Å². The fraction of sp³-hybridized carbons (Fsp3) is 0.300. The fourth-order valence-corrected chi connectivity index (χ4v) is 4.54. The van der Waals surface area contributed by atoms with Crippen molar-refractivity contribution in [1.82, 2.24) is 4.57 Å². The Balaban J connectivity index is 1.76. The summed E-state index contributed by atoms with van der Waals surface area (Å²) >= 11 is 2.96. The molecule has 0 saturated heterocycles. The van der Waals surface area contributed by atoms with Gasteiger partial charge in [-0.3, -0.25) is 4.79 Å². The first-order chi connectivity index (χ1) is 13.2. The maximum Gasteiger partial charge on any atom is 0.249 e. The molecule has 1 amide bonds. The first kappa shape index (κ1) is 19.8. The molecule has 0 N–H and O–H groups in total. The van der Waals surface area contributed by atoms with Crippen molar-refractivity contribution in [2.75, 3.05) is 19.0 Å². The van der Waals surface area contributed by atoms with Gasteiger partial charge in [-0.2, -0.15) is 4.99 Å². The molecule has 2 aromatic carbocycles. The molecular formula is C20H21FN2O2S2. The minimum Gasteiger partial charge on any atom is -0.380 e. The molecule has 0 unspecified atom stereocenters. The van der Waals surface area contributed by atoms with Crippen molar-refractivity contribution in [1.29, 1.82) is 0 Å². The normalized spacial score (nSPS) is 12.0. The average Bonchev–Trinajstić information content (AvgIpc) is 2.99. The van der Waals surface area contributed by atoms with Gasteiger partial charge in [0.25, 0.3) is 0 Å². The number of hydrogen-bond donors (Lipinski definition) is 0. The van der Waals surface area contributed by atoms with Crippen LogP contribution in [0.25, 0.3) is 10.2 Å². The number of ether oxygens (including phenoxy) is 1. The molecule has 0 aliphatic rings. The van der Waals surface area contributed by atoms with Crippen molar-refractivity contribution in [3.05, 3.63) is 59.1 Å². The Hall–Kier alpha value is -1.96. The van der Waals surface area contributed by atoms with Gasteiger partial charge < -0.3 is 9.30 Å². The smallest absolute Gasteiger partial charge is 0.249 e. The summed E-state index contributed by atoms with van der Waals surface area (Å²) in [6.45, 7) is 3.65. The number of carbonyl (C=O) groups is 1. The minimum atomic E-state index is -0.294. The lowest BCUT2D eigenvalue weighted by atomic mass is 10.3. The van der Waals surface area contributed by atoms with E-state index >= 15 is 0 Å². The summed E-state index contributed by atoms with van der Waals surface area (Å²) in [4.78, 5) is 18.3. The van der Waals surface area contributed by atoms with E-state index in [9.17, 15) is 9.18 Å². The first-order valence-corrected chi connectivity index (χ1v) is 10.6. The number of benzene rings is 2. The summed E-state index contributed by atoms with van der Waals surface area (Å²) in [6, 6.07) is 14.6. The van der Waals surface area contributed by atoms with E-state index in [1.807, 2.05) is 41.8 Å². The Bertz CT molecular complexity index is 967. The highest BCUT2D eigenvalue weighted by Crippen LogP contribution is 2.20. The molecule has 0 saturated carbocycles. The molecule has 142 valence electrons. The van der Waals surface area contributed by atoms with Crippen molar-refractivity contribution in [3.63, 3.8) is 0 Å². The predicted octanol–water partition coefficient (Wildman–Crippen LogP) is 4.49. The molecule has 0 radical (unpaired) electrons. The van der Waals surface area contributed by atoms with Crippen molar-refractivity contribution >= 4 is 39.2 Å². The molecule has 3 rings (SSSR count). The van der Waals surface area contributed by atoms with Crippen molar-refractivity contribution in [2.24, 2.45) is 4.99 Å². The van der Waals surface area contributed by atoms with E-state index in [1.54, 1.807) is 17.8 Å². The van der Waals surface area contributed by atoms with E-state index in [0.29, 0.717) is 36.7 Å². The van der Waals surface area contributed by atoms with Gasteiger partial charge in [-0.05, 0) is 37.3 Å². The topological polar surface area (TPSA) is 43.6 Å². The van der Waals surface area contributed by atoms with Crippen LogP contribution in [-0.4, -0.2) is 29.4 Å². The number of thiazole rings is 1. The Labute approximate surface area is 165 Å². The highest BCUT2D eigenvalue weighted by molar-refractivity contribution is 7.99. The molecule has 0 spiro atoms. The molecular weight excluding hydrogens is 383 g/mol. The quantitative estimate of drug-likeness (QED) is 0.410. The monoisotopic (exact) mass is 404 g/mol. The number of aromatic nitrogens is 1. The van der Waals surface area contributed by atoms with Gasteiger partial charge in [0.2, 0.25) is 5.91 Å². The lowest BCUT2D eigenvalue weighted by Gasteiger charge is -2.05. The number of halogens is 1. The van der Waals surface area contributed by atoms with Crippen LogP contribution in [0.4, 0.5) is 4.39 Å². The van der Waals surface area contributed by atoms with Crippen LogP contribution < -0.4 is 4.80 Å². The van der Waals surface area contributed by atoms with Crippen LogP contribution in [0.1, 0.15) is 13.3 Å². The third kappa shape index (κ3) is 5.51. The van der Waals surface area contributed by atoms with E-state index in [-0.39, 0.29) is 11.7 Å². The summed E-state index contributed by atoms with van der Waals surface area (Å²) < 4.78 is 21.7. The number of nitrogens with zero attached hydrogens (tertiary/aromatic N) is 2. The summed E-state index contributed by atoms with van der Waals surface area (Å²) in [6.07, 6.45) is 0.355. The summed E-state index contributed by atoms with van der Waals surface area (Å²) in [5.74, 6) is 0.207. The number of amides is 1. The minimum absolute atomic E-state index is 0.171. The molecule has 1 aromatic heterocycles. The van der Waals surface area contributed by atoms with Crippen molar-refractivity contribution in [3.8, 4) is 0 Å². The Morgan fingerprint density at radius 3 is 2.85 bits per heavy atom. The van der Waals surface area contributed by atoms with Gasteiger partial charge in [0, 0.05) is 30.2 Å². The van der Waals surface area contributed by atoms with Gasteiger partial charge in [0.1, 0.15) is 5.82 Å². The maximum absolute atomic E-state index is 13.5. The summed E-state index contributed by atoms with van der Waals surface area (Å²) in [5, 5.41) is 0. The third-order valence-electron chi connectivity index (χ3n) is 3.86. The zero-order valence-electron chi connectivity index (χ0n) is 15.1. The summed E-state index contributed by atoms with van der Waals surface area (Å²) in [5.41, 5.74) is 0.867. The summed E-state index contributed by atoms with van der Waals surface area (Å²) in [7, 11) is 0. The number of hydrogen-bond acceptors (Lipinski definition) is 4. The molecule has 7 heteroatoms. The average molecular weight is 405 g/mol. The molecule has 4 nitrogen and oxygen atoms in total. The largest absolute Gasteiger partial charge is 0.380 e. The number of thioether (sulfide) groups is 1. The van der Waals surface area contributed by atoms with E-state index in [1.165, 1.54) is 23.5 Å². The van der Waals surface area contributed by atoms with E-state index in [4.69, 9.17) is 4.74 Å². The molecule has 27 heavy (non-hydrogen) atoms. The van der Waals surface area contributed by atoms with E-state index in [0.717, 1.165) is 15.1 Å². The molecule has 0 fully saturated rings. The predicted molar refractivity (Wildman–Crippen MR) is 109 cm³/mol. The van der Waals surface area contributed by atoms with Crippen LogP contribution in [0.3, 0.4) is 0 Å². The fourth-order valence-electron chi connectivity index (χ4n) is 2.58.